The van der Waals surface area contributed by atoms with Crippen LogP contribution in [0.3, 0.4) is 0 Å². The second kappa shape index (κ2) is 25.3. The topological polar surface area (TPSA) is 262 Å². The normalized spacial score (nSPS) is 16.4. The fourth-order valence-electron chi connectivity index (χ4n) is 4.30. The molecule has 0 spiro atoms. The van der Waals surface area contributed by atoms with Gasteiger partial charge in [0.2, 0.25) is 29.5 Å². The van der Waals surface area contributed by atoms with Crippen LogP contribution in [0.1, 0.15) is 65.5 Å². The minimum atomic E-state index is -4.35. The molecule has 8 N–H and O–H groups in total. The lowest BCUT2D eigenvalue weighted by molar-refractivity contribution is -0.146. The number of hydrogen-bond acceptors (Lipinski definition) is 11. The minimum Gasteiger partial charge on any atom is -0.400 e. The van der Waals surface area contributed by atoms with E-state index in [9.17, 15) is 38.5 Å². The zero-order valence-corrected chi connectivity index (χ0v) is 30.7. The first kappa shape index (κ1) is 46.3. The molecule has 19 heteroatoms. The van der Waals surface area contributed by atoms with Gasteiger partial charge in [-0.25, -0.2) is 9.55 Å². The van der Waals surface area contributed by atoms with Crippen LogP contribution in [0.4, 0.5) is 0 Å². The molecule has 0 radical (unpaired) electrons. The monoisotopic (exact) mass is 733 g/mol. The average Bonchev–Trinajstić information content (AvgIpc) is 3.51. The lowest BCUT2D eigenvalue weighted by Gasteiger charge is -2.39. The average molecular weight is 734 g/mol. The molecule has 0 saturated carbocycles. The Kier molecular flexibility index (Phi) is 23.4. The van der Waals surface area contributed by atoms with E-state index in [0.29, 0.717) is 19.4 Å². The molecular weight excluding hydrogens is 677 g/mol. The number of carbonyl (C=O) groups excluding carboxylic acids is 5. The second-order valence-electron chi connectivity index (χ2n) is 11.7. The van der Waals surface area contributed by atoms with Gasteiger partial charge in [-0.1, -0.05) is 19.9 Å². The Morgan fingerprint density at radius 3 is 2.26 bits per heavy atom. The molecule has 2 rings (SSSR count). The number of nitrogens with one attached hydrogen (secondary N) is 5. The minimum absolute atomic E-state index is 0.0133. The summed E-state index contributed by atoms with van der Waals surface area (Å²) in [6, 6.07) is -2.96. The van der Waals surface area contributed by atoms with Crippen molar-refractivity contribution in [1.82, 2.24) is 36.1 Å². The largest absolute Gasteiger partial charge is 0.472 e. The number of aliphatic hydroxyl groups is 2. The number of phosphoric ester groups is 1. The van der Waals surface area contributed by atoms with Gasteiger partial charge in [-0.05, 0) is 51.9 Å². The summed E-state index contributed by atoms with van der Waals surface area (Å²) in [5, 5.41) is 26.3. The molecule has 0 aromatic carbocycles. The molecule has 1 saturated heterocycles. The van der Waals surface area contributed by atoms with Crippen molar-refractivity contribution < 1.29 is 52.7 Å². The SMILES string of the molecule is C=CCCCCOP(=O)(O)OC(C)CNC(=O)C(CO)NC(=O)CNC(=O)[C@H](CC(C)C)NC(=O)C1CCN1C(C)=O.CO.Cc1cnc[nH]1. The van der Waals surface area contributed by atoms with Crippen LogP contribution in [0, 0.1) is 12.8 Å². The molecule has 18 nitrogen and oxygen atoms in total. The Balaban J connectivity index is 0.00000265. The Morgan fingerprint density at radius 1 is 1.12 bits per heavy atom. The molecule has 0 bridgehead atoms. The van der Waals surface area contributed by atoms with E-state index in [0.717, 1.165) is 25.6 Å². The Hall–Kier alpha value is -3.67. The number of amides is 5. The number of carbonyl (C=O) groups is 5. The van der Waals surface area contributed by atoms with Crippen molar-refractivity contribution in [2.24, 2.45) is 5.92 Å². The number of likely N-dealkylation sites (tertiary alicyclic amines) is 1. The van der Waals surface area contributed by atoms with Gasteiger partial charge >= 0.3 is 7.82 Å². The number of aromatic amines is 1. The highest BCUT2D eigenvalue weighted by molar-refractivity contribution is 7.47. The lowest BCUT2D eigenvalue weighted by atomic mass is 9.99. The summed E-state index contributed by atoms with van der Waals surface area (Å²) in [5.74, 6) is -2.84. The summed E-state index contributed by atoms with van der Waals surface area (Å²) in [6.45, 7) is 11.0. The fraction of sp³-hybridized carbons (Fsp3) is 0.677. The van der Waals surface area contributed by atoms with Crippen LogP contribution in [0.25, 0.3) is 0 Å². The predicted molar refractivity (Wildman–Crippen MR) is 184 cm³/mol. The van der Waals surface area contributed by atoms with Gasteiger partial charge in [-0.15, -0.1) is 6.58 Å². The first-order valence-electron chi connectivity index (χ1n) is 16.3. The molecule has 1 aromatic rings. The summed E-state index contributed by atoms with van der Waals surface area (Å²) in [6.07, 6.45) is 7.04. The van der Waals surface area contributed by atoms with Crippen molar-refractivity contribution in [2.75, 3.05) is 40.0 Å². The molecule has 286 valence electrons. The molecular formula is C31H56N7O11P. The van der Waals surface area contributed by atoms with E-state index >= 15 is 0 Å². The maximum Gasteiger partial charge on any atom is 0.472 e. The highest BCUT2D eigenvalue weighted by Crippen LogP contribution is 2.44. The number of rotatable bonds is 20. The zero-order chi connectivity index (χ0) is 38.3. The molecule has 4 unspecified atom stereocenters. The van der Waals surface area contributed by atoms with Crippen molar-refractivity contribution in [1.29, 1.82) is 0 Å². The second-order valence-corrected chi connectivity index (χ2v) is 13.1. The van der Waals surface area contributed by atoms with E-state index < -0.39 is 68.8 Å². The van der Waals surface area contributed by atoms with Crippen LogP contribution in [0.2, 0.25) is 0 Å². The number of aromatic nitrogens is 2. The van der Waals surface area contributed by atoms with Gasteiger partial charge in [0.15, 0.2) is 0 Å². The van der Waals surface area contributed by atoms with E-state index in [1.807, 2.05) is 20.8 Å². The highest BCUT2D eigenvalue weighted by Gasteiger charge is 2.37. The molecule has 2 heterocycles. The number of phosphoric acid groups is 1. The van der Waals surface area contributed by atoms with E-state index in [1.165, 1.54) is 18.7 Å². The van der Waals surface area contributed by atoms with Gasteiger partial charge in [0, 0.05) is 39.0 Å². The highest BCUT2D eigenvalue weighted by atomic mass is 31.2. The molecule has 1 aliphatic rings. The van der Waals surface area contributed by atoms with E-state index in [2.05, 4.69) is 37.8 Å². The Bertz CT molecular complexity index is 1230. The van der Waals surface area contributed by atoms with Crippen LogP contribution in [0.5, 0.6) is 0 Å². The molecule has 5 atom stereocenters. The third kappa shape index (κ3) is 19.5. The van der Waals surface area contributed by atoms with Crippen LogP contribution >= 0.6 is 7.82 Å². The van der Waals surface area contributed by atoms with Crippen LogP contribution < -0.4 is 21.3 Å². The summed E-state index contributed by atoms with van der Waals surface area (Å²) < 4.78 is 21.9. The third-order valence-corrected chi connectivity index (χ3v) is 8.03. The Morgan fingerprint density at radius 2 is 1.78 bits per heavy atom. The van der Waals surface area contributed by atoms with Gasteiger partial charge in [0.1, 0.15) is 18.1 Å². The van der Waals surface area contributed by atoms with Gasteiger partial charge < -0.3 is 46.3 Å². The summed E-state index contributed by atoms with van der Waals surface area (Å²) in [5.41, 5.74) is 1.11. The number of aryl methyl sites for hydroxylation is 1. The van der Waals surface area contributed by atoms with Crippen molar-refractivity contribution in [3.63, 3.8) is 0 Å². The molecule has 0 aliphatic carbocycles. The number of imidazole rings is 1. The number of unbranched alkanes of at least 4 members (excludes halogenated alkanes) is 2. The van der Waals surface area contributed by atoms with Crippen LogP contribution in [0.15, 0.2) is 25.2 Å². The number of allylic oxidation sites excluding steroid dienone is 1. The number of hydrogen-bond donors (Lipinski definition) is 8. The first-order valence-corrected chi connectivity index (χ1v) is 17.8. The van der Waals surface area contributed by atoms with Gasteiger partial charge in [-0.2, -0.15) is 0 Å². The first-order chi connectivity index (χ1) is 23.6. The number of aliphatic hydroxyl groups excluding tert-OH is 2. The van der Waals surface area contributed by atoms with Gasteiger partial charge in [0.05, 0.1) is 32.2 Å². The molecule has 1 fully saturated rings. The van der Waals surface area contributed by atoms with Crippen molar-refractivity contribution in [3.05, 3.63) is 30.9 Å². The molecule has 1 aliphatic heterocycles. The lowest BCUT2D eigenvalue weighted by Crippen LogP contribution is -2.61. The predicted octanol–water partition coefficient (Wildman–Crippen LogP) is 0.0526. The van der Waals surface area contributed by atoms with Crippen LogP contribution in [-0.4, -0.2) is 124 Å². The smallest absolute Gasteiger partial charge is 0.400 e. The molecule has 1 aromatic heterocycles. The van der Waals surface area contributed by atoms with Crippen molar-refractivity contribution >= 4 is 37.4 Å². The summed E-state index contributed by atoms with van der Waals surface area (Å²) >= 11 is 0. The van der Waals surface area contributed by atoms with Crippen molar-refractivity contribution in [2.45, 2.75) is 91.0 Å². The summed E-state index contributed by atoms with van der Waals surface area (Å²) in [7, 11) is -3.35. The third-order valence-electron chi connectivity index (χ3n) is 6.89. The molecule has 5 amide bonds. The van der Waals surface area contributed by atoms with Crippen LogP contribution in [-0.2, 0) is 37.6 Å². The molecule has 50 heavy (non-hydrogen) atoms. The van der Waals surface area contributed by atoms with Gasteiger partial charge in [0.25, 0.3) is 0 Å². The number of nitrogens with zero attached hydrogens (tertiary/aromatic N) is 2. The number of H-pyrrole nitrogens is 1. The maximum atomic E-state index is 12.8. The standard InChI is InChI=1S/C26H46N5O10P.C4H6N2.CH4O/c1-6-7-8-9-12-40-42(38,39)41-18(4)14-27-25(36)21(16-32)29-23(34)15-28-24(35)20(13-17(2)3)30-26(37)22-10-11-31(22)19(5)33;1-4-2-5-3-6-4;1-2/h6,17-18,20-22,32H,1,7-16H2,2-5H3,(H,27,36)(H,28,35)(H,29,34)(H,30,37)(H,38,39);2-3H,1H3,(H,5,6);2H,1H3/t18?,20-,21?,22?;;/m0../s1. The Labute approximate surface area is 293 Å². The summed E-state index contributed by atoms with van der Waals surface area (Å²) in [4.78, 5) is 79.7. The van der Waals surface area contributed by atoms with E-state index in [4.69, 9.17) is 14.2 Å². The quantitative estimate of drug-likeness (QED) is 0.0503. The fourth-order valence-corrected chi connectivity index (χ4v) is 5.25. The maximum absolute atomic E-state index is 12.8. The van der Waals surface area contributed by atoms with Gasteiger partial charge in [-0.3, -0.25) is 33.0 Å². The van der Waals surface area contributed by atoms with E-state index in [-0.39, 0.29) is 31.4 Å². The zero-order valence-electron chi connectivity index (χ0n) is 29.8. The van der Waals surface area contributed by atoms with Crippen molar-refractivity contribution in [3.8, 4) is 0 Å². The van der Waals surface area contributed by atoms with E-state index in [1.54, 1.807) is 18.6 Å².